The lowest BCUT2D eigenvalue weighted by Crippen LogP contribution is -2.46. The molecular weight excluding hydrogens is 399 g/mol. The molecule has 0 bridgehead atoms. The number of carbonyl (C=O) groups excluding carboxylic acids is 1. The van der Waals surface area contributed by atoms with E-state index in [0.717, 1.165) is 37.3 Å². The molecular formula is C20H24F3N5O2. The summed E-state index contributed by atoms with van der Waals surface area (Å²) < 4.78 is 40.6. The second-order valence-electron chi connectivity index (χ2n) is 7.25. The zero-order valence-electron chi connectivity index (χ0n) is 16.8. The minimum atomic E-state index is -4.75. The topological polar surface area (TPSA) is 70.6 Å². The van der Waals surface area contributed by atoms with Gasteiger partial charge in [-0.3, -0.25) is 9.69 Å². The van der Waals surface area contributed by atoms with Crippen LogP contribution in [0.2, 0.25) is 0 Å². The summed E-state index contributed by atoms with van der Waals surface area (Å²) in [5, 5.41) is 10.8. The first kappa shape index (κ1) is 21.8. The van der Waals surface area contributed by atoms with E-state index in [0.29, 0.717) is 12.2 Å². The molecule has 1 aliphatic rings. The van der Waals surface area contributed by atoms with Crippen LogP contribution >= 0.6 is 0 Å². The number of hydrogen-bond acceptors (Lipinski definition) is 6. The number of likely N-dealkylation sites (N-methyl/N-ethyl adjacent to an activating group) is 1. The molecule has 2 aromatic rings. The molecule has 1 aromatic heterocycles. The van der Waals surface area contributed by atoms with Crippen molar-refractivity contribution in [2.45, 2.75) is 38.2 Å². The van der Waals surface area contributed by atoms with E-state index in [1.54, 1.807) is 13.1 Å². The highest BCUT2D eigenvalue weighted by atomic mass is 19.4. The number of anilines is 2. The number of amides is 1. The van der Waals surface area contributed by atoms with E-state index in [4.69, 9.17) is 0 Å². The molecule has 0 radical (unpaired) electrons. The standard InChI is InChI=1S/C20H24F3N5O2/c1-14(19(29)25-15-7-9-17(10-8-15)30-20(21,22)23)27(2)13-16-5-4-12-28(16)18-6-3-11-24-26-18/h3,6-11,14,16H,4-5,12-13H2,1-2H3,(H,25,29). The molecule has 30 heavy (non-hydrogen) atoms. The van der Waals surface area contributed by atoms with Crippen LogP contribution in [0, 0.1) is 0 Å². The Balaban J connectivity index is 1.55. The van der Waals surface area contributed by atoms with Gasteiger partial charge in [0.25, 0.3) is 0 Å². The SMILES string of the molecule is CC(C(=O)Nc1ccc(OC(F)(F)F)cc1)N(C)CC1CCCN1c1cccnn1. The molecule has 1 saturated heterocycles. The Labute approximate surface area is 172 Å². The molecule has 1 amide bonds. The molecule has 1 N–H and O–H groups in total. The second kappa shape index (κ2) is 9.29. The Hall–Kier alpha value is -2.88. The van der Waals surface area contributed by atoms with E-state index in [1.807, 2.05) is 24.1 Å². The van der Waals surface area contributed by atoms with E-state index < -0.39 is 12.4 Å². The highest BCUT2D eigenvalue weighted by molar-refractivity contribution is 5.94. The average molecular weight is 423 g/mol. The van der Waals surface area contributed by atoms with Crippen molar-refractivity contribution in [2.75, 3.05) is 30.4 Å². The van der Waals surface area contributed by atoms with Crippen LogP contribution in [0.3, 0.4) is 0 Å². The molecule has 1 aliphatic heterocycles. The van der Waals surface area contributed by atoms with Crippen molar-refractivity contribution in [3.63, 3.8) is 0 Å². The van der Waals surface area contributed by atoms with Crippen LogP contribution < -0.4 is 15.0 Å². The lowest BCUT2D eigenvalue weighted by Gasteiger charge is -2.31. The third kappa shape index (κ3) is 5.82. The van der Waals surface area contributed by atoms with Crippen molar-refractivity contribution >= 4 is 17.4 Å². The monoisotopic (exact) mass is 423 g/mol. The zero-order chi connectivity index (χ0) is 21.7. The minimum Gasteiger partial charge on any atom is -0.406 e. The van der Waals surface area contributed by atoms with Gasteiger partial charge in [-0.05, 0) is 63.2 Å². The maximum absolute atomic E-state index is 12.6. The van der Waals surface area contributed by atoms with Gasteiger partial charge in [-0.2, -0.15) is 5.10 Å². The summed E-state index contributed by atoms with van der Waals surface area (Å²) in [6, 6.07) is 8.64. The molecule has 10 heteroatoms. The molecule has 0 saturated carbocycles. The Kier molecular flexibility index (Phi) is 6.76. The van der Waals surface area contributed by atoms with Crippen LogP contribution in [0.15, 0.2) is 42.6 Å². The molecule has 162 valence electrons. The number of benzene rings is 1. The number of carbonyl (C=O) groups is 1. The summed E-state index contributed by atoms with van der Waals surface area (Å²) in [6.45, 7) is 3.35. The van der Waals surface area contributed by atoms with Gasteiger partial charge in [-0.1, -0.05) is 0 Å². The van der Waals surface area contributed by atoms with Gasteiger partial charge in [0.05, 0.1) is 6.04 Å². The van der Waals surface area contributed by atoms with Gasteiger partial charge in [0.2, 0.25) is 5.91 Å². The number of ether oxygens (including phenoxy) is 1. The van der Waals surface area contributed by atoms with Gasteiger partial charge in [-0.25, -0.2) is 0 Å². The summed E-state index contributed by atoms with van der Waals surface area (Å²) in [4.78, 5) is 16.7. The summed E-state index contributed by atoms with van der Waals surface area (Å²) in [7, 11) is 1.87. The molecule has 7 nitrogen and oxygen atoms in total. The van der Waals surface area contributed by atoms with Crippen LogP contribution in [-0.2, 0) is 4.79 Å². The van der Waals surface area contributed by atoms with Crippen molar-refractivity contribution in [3.05, 3.63) is 42.6 Å². The fourth-order valence-corrected chi connectivity index (χ4v) is 3.45. The first-order valence-electron chi connectivity index (χ1n) is 9.64. The summed E-state index contributed by atoms with van der Waals surface area (Å²) in [5.74, 6) is 0.244. The van der Waals surface area contributed by atoms with Crippen LogP contribution in [0.5, 0.6) is 5.75 Å². The van der Waals surface area contributed by atoms with Gasteiger partial charge < -0.3 is 15.0 Å². The van der Waals surface area contributed by atoms with Crippen molar-refractivity contribution < 1.29 is 22.7 Å². The Morgan fingerprint density at radius 3 is 2.70 bits per heavy atom. The lowest BCUT2D eigenvalue weighted by molar-refractivity contribution is -0.274. The van der Waals surface area contributed by atoms with Crippen molar-refractivity contribution in [1.82, 2.24) is 15.1 Å². The average Bonchev–Trinajstić information content (AvgIpc) is 3.16. The van der Waals surface area contributed by atoms with E-state index in [2.05, 4.69) is 25.2 Å². The van der Waals surface area contributed by atoms with Crippen molar-refractivity contribution in [1.29, 1.82) is 0 Å². The first-order chi connectivity index (χ1) is 14.2. The molecule has 2 atom stereocenters. The predicted octanol–water partition coefficient (Wildman–Crippen LogP) is 3.30. The normalized spacial score (nSPS) is 17.8. The fraction of sp³-hybridized carbons (Fsp3) is 0.450. The summed E-state index contributed by atoms with van der Waals surface area (Å²) >= 11 is 0. The van der Waals surface area contributed by atoms with E-state index >= 15 is 0 Å². The summed E-state index contributed by atoms with van der Waals surface area (Å²) in [6.07, 6.45) is -1.08. The number of rotatable bonds is 7. The Morgan fingerprint density at radius 1 is 1.33 bits per heavy atom. The molecule has 0 spiro atoms. The molecule has 1 fully saturated rings. The van der Waals surface area contributed by atoms with E-state index in [1.165, 1.54) is 12.1 Å². The quantitative estimate of drug-likeness (QED) is 0.737. The molecule has 1 aromatic carbocycles. The van der Waals surface area contributed by atoms with Gasteiger partial charge >= 0.3 is 6.36 Å². The predicted molar refractivity (Wildman–Crippen MR) is 106 cm³/mol. The number of hydrogen-bond donors (Lipinski definition) is 1. The number of nitrogens with zero attached hydrogens (tertiary/aromatic N) is 4. The van der Waals surface area contributed by atoms with Crippen LogP contribution in [-0.4, -0.2) is 59.6 Å². The van der Waals surface area contributed by atoms with Crippen molar-refractivity contribution in [2.24, 2.45) is 0 Å². The van der Waals surface area contributed by atoms with Gasteiger partial charge in [-0.15, -0.1) is 18.3 Å². The van der Waals surface area contributed by atoms with Gasteiger partial charge in [0, 0.05) is 31.0 Å². The highest BCUT2D eigenvalue weighted by Gasteiger charge is 2.31. The van der Waals surface area contributed by atoms with E-state index in [-0.39, 0.29) is 17.7 Å². The van der Waals surface area contributed by atoms with Crippen LogP contribution in [0.1, 0.15) is 19.8 Å². The second-order valence-corrected chi connectivity index (χ2v) is 7.25. The molecule has 2 heterocycles. The highest BCUT2D eigenvalue weighted by Crippen LogP contribution is 2.25. The lowest BCUT2D eigenvalue weighted by atomic mass is 10.1. The minimum absolute atomic E-state index is 0.223. The largest absolute Gasteiger partial charge is 0.573 e. The maximum atomic E-state index is 12.6. The number of alkyl halides is 3. The molecule has 2 unspecified atom stereocenters. The Bertz CT molecular complexity index is 833. The smallest absolute Gasteiger partial charge is 0.406 e. The number of aromatic nitrogens is 2. The van der Waals surface area contributed by atoms with E-state index in [9.17, 15) is 18.0 Å². The third-order valence-electron chi connectivity index (χ3n) is 5.12. The maximum Gasteiger partial charge on any atom is 0.573 e. The van der Waals surface area contributed by atoms with Crippen LogP contribution in [0.25, 0.3) is 0 Å². The number of halogens is 3. The first-order valence-corrected chi connectivity index (χ1v) is 9.64. The Morgan fingerprint density at radius 2 is 2.07 bits per heavy atom. The van der Waals surface area contributed by atoms with Gasteiger partial charge in [0.15, 0.2) is 5.82 Å². The summed E-state index contributed by atoms with van der Waals surface area (Å²) in [5.41, 5.74) is 0.400. The van der Waals surface area contributed by atoms with Crippen LogP contribution in [0.4, 0.5) is 24.7 Å². The zero-order valence-corrected chi connectivity index (χ0v) is 16.8. The molecule has 3 rings (SSSR count). The molecule has 0 aliphatic carbocycles. The third-order valence-corrected chi connectivity index (χ3v) is 5.12. The fourth-order valence-electron chi connectivity index (χ4n) is 3.45. The van der Waals surface area contributed by atoms with Gasteiger partial charge in [0.1, 0.15) is 5.75 Å². The van der Waals surface area contributed by atoms with Crippen molar-refractivity contribution in [3.8, 4) is 5.75 Å². The number of nitrogens with one attached hydrogen (secondary N) is 1.